The van der Waals surface area contributed by atoms with E-state index in [-0.39, 0.29) is 17.8 Å². The second-order valence-electron chi connectivity index (χ2n) is 5.38. The molecule has 0 aliphatic rings. The van der Waals surface area contributed by atoms with Crippen LogP contribution in [-0.2, 0) is 14.3 Å². The lowest BCUT2D eigenvalue weighted by Gasteiger charge is -2.29. The van der Waals surface area contributed by atoms with Crippen molar-refractivity contribution in [3.05, 3.63) is 0 Å². The molecule has 1 atom stereocenters. The fraction of sp³-hybridized carbons (Fsp3) is 0.818. The first kappa shape index (κ1) is 18.2. The summed E-state index contributed by atoms with van der Waals surface area (Å²) in [5.41, 5.74) is 2.92. The van der Waals surface area contributed by atoms with Gasteiger partial charge in [0.1, 0.15) is 5.60 Å². The lowest BCUT2D eigenvalue weighted by Crippen LogP contribution is -2.57. The first-order valence-corrected chi connectivity index (χ1v) is 5.25. The highest BCUT2D eigenvalue weighted by Gasteiger charge is 2.45. The third-order valence-corrected chi connectivity index (χ3v) is 1.87. The third kappa shape index (κ3) is 5.65. The number of carboxylic acids is 1. The van der Waals surface area contributed by atoms with Crippen LogP contribution in [0.2, 0.25) is 0 Å². The fourth-order valence-electron chi connectivity index (χ4n) is 1.27. The van der Waals surface area contributed by atoms with Gasteiger partial charge < -0.3 is 21.1 Å². The molecule has 17 heavy (non-hydrogen) atoms. The van der Waals surface area contributed by atoms with Gasteiger partial charge in [-0.05, 0) is 33.1 Å². The molecular formula is C11H23NO5. The summed E-state index contributed by atoms with van der Waals surface area (Å²) in [5.74, 6) is -2.25. The highest BCUT2D eigenvalue weighted by molar-refractivity contribution is 6.03. The molecule has 0 unspecified atom stereocenters. The number of carbonyl (C=O) groups excluding carboxylic acids is 1. The molecule has 5 N–H and O–H groups in total. The van der Waals surface area contributed by atoms with Crippen molar-refractivity contribution in [1.29, 1.82) is 0 Å². The van der Waals surface area contributed by atoms with E-state index in [2.05, 4.69) is 0 Å². The minimum atomic E-state index is -1.96. The predicted molar refractivity (Wildman–Crippen MR) is 63.5 cm³/mol. The van der Waals surface area contributed by atoms with Crippen LogP contribution in [0, 0.1) is 5.92 Å². The lowest BCUT2D eigenvalue weighted by molar-refractivity contribution is -0.170. The Kier molecular flexibility index (Phi) is 6.41. The van der Waals surface area contributed by atoms with Gasteiger partial charge in [-0.25, -0.2) is 9.59 Å². The van der Waals surface area contributed by atoms with Gasteiger partial charge in [-0.1, -0.05) is 13.8 Å². The molecule has 0 fully saturated rings. The Morgan fingerprint density at radius 3 is 1.94 bits per heavy atom. The maximum absolute atomic E-state index is 11.7. The van der Waals surface area contributed by atoms with Crippen molar-refractivity contribution in [2.24, 2.45) is 11.7 Å². The summed E-state index contributed by atoms with van der Waals surface area (Å²) in [5, 5.41) is 9.02. The maximum atomic E-state index is 11.7. The molecule has 0 saturated heterocycles. The second-order valence-corrected chi connectivity index (χ2v) is 5.38. The Morgan fingerprint density at radius 2 is 1.71 bits per heavy atom. The number of esters is 1. The van der Waals surface area contributed by atoms with Gasteiger partial charge in [0.2, 0.25) is 5.54 Å². The number of carbonyl (C=O) groups is 2. The van der Waals surface area contributed by atoms with Crippen LogP contribution in [0.1, 0.15) is 41.0 Å². The molecule has 0 aliphatic heterocycles. The molecule has 0 aromatic carbocycles. The van der Waals surface area contributed by atoms with E-state index in [4.69, 9.17) is 15.6 Å². The molecule has 0 radical (unpaired) electrons. The van der Waals surface area contributed by atoms with Crippen molar-refractivity contribution in [3.63, 3.8) is 0 Å². The van der Waals surface area contributed by atoms with Crippen molar-refractivity contribution in [2.45, 2.75) is 52.2 Å². The average molecular weight is 249 g/mol. The Labute approximate surface area is 101 Å². The average Bonchev–Trinajstić information content (AvgIpc) is 1.98. The molecule has 0 amide bonds. The zero-order valence-corrected chi connectivity index (χ0v) is 11.0. The molecule has 6 heteroatoms. The van der Waals surface area contributed by atoms with E-state index in [0.29, 0.717) is 0 Å². The molecule has 0 aromatic heterocycles. The van der Waals surface area contributed by atoms with Crippen LogP contribution in [0.25, 0.3) is 0 Å². The third-order valence-electron chi connectivity index (χ3n) is 1.87. The highest BCUT2D eigenvalue weighted by Crippen LogP contribution is 2.20. The van der Waals surface area contributed by atoms with E-state index in [9.17, 15) is 9.59 Å². The summed E-state index contributed by atoms with van der Waals surface area (Å²) in [6, 6.07) is 0. The Balaban J connectivity index is 0. The normalized spacial score (nSPS) is 14.8. The summed E-state index contributed by atoms with van der Waals surface area (Å²) in [4.78, 5) is 22.8. The van der Waals surface area contributed by atoms with E-state index in [1.165, 1.54) is 0 Å². The van der Waals surface area contributed by atoms with Gasteiger partial charge in [0, 0.05) is 0 Å². The molecule has 102 valence electrons. The van der Waals surface area contributed by atoms with Gasteiger partial charge >= 0.3 is 11.9 Å². The van der Waals surface area contributed by atoms with E-state index in [1.807, 2.05) is 0 Å². The Bertz CT molecular complexity index is 282. The summed E-state index contributed by atoms with van der Waals surface area (Å²) in [6.07, 6.45) is 0.0528. The zero-order valence-electron chi connectivity index (χ0n) is 11.0. The first-order valence-electron chi connectivity index (χ1n) is 5.25. The highest BCUT2D eigenvalue weighted by atomic mass is 16.6. The van der Waals surface area contributed by atoms with Gasteiger partial charge in [0.05, 0.1) is 0 Å². The number of ether oxygens (including phenoxy) is 1. The predicted octanol–water partition coefficient (Wildman–Crippen LogP) is 0.332. The van der Waals surface area contributed by atoms with Crippen LogP contribution in [-0.4, -0.2) is 33.7 Å². The number of carboxylic acid groups (broad SMARTS) is 1. The summed E-state index contributed by atoms with van der Waals surface area (Å²) < 4.78 is 5.02. The largest absolute Gasteiger partial charge is 0.479 e. The number of hydrogen-bond donors (Lipinski definition) is 2. The topological polar surface area (TPSA) is 121 Å². The smallest absolute Gasteiger partial charge is 0.338 e. The monoisotopic (exact) mass is 249 g/mol. The molecule has 0 saturated carbocycles. The standard InChI is InChI=1S/C11H21NO4.H2O/c1-7(2)6-11(12,8(13)14)9(15)16-10(3,4)5;/h7H,6,12H2,1-5H3,(H,13,14);1H2/t11-;/m0./s1. The Hall–Kier alpha value is -1.14. The quantitative estimate of drug-likeness (QED) is 0.549. The van der Waals surface area contributed by atoms with Crippen LogP contribution in [0.5, 0.6) is 0 Å². The maximum Gasteiger partial charge on any atom is 0.338 e. The summed E-state index contributed by atoms with van der Waals surface area (Å²) >= 11 is 0. The lowest BCUT2D eigenvalue weighted by atomic mass is 9.90. The minimum absolute atomic E-state index is 0. The minimum Gasteiger partial charge on any atom is -0.479 e. The van der Waals surface area contributed by atoms with E-state index in [1.54, 1.807) is 34.6 Å². The van der Waals surface area contributed by atoms with Crippen molar-refractivity contribution < 1.29 is 24.9 Å². The number of hydrogen-bond acceptors (Lipinski definition) is 4. The molecule has 0 spiro atoms. The van der Waals surface area contributed by atoms with Crippen molar-refractivity contribution in [1.82, 2.24) is 0 Å². The SMILES string of the molecule is CC(C)C[C@](N)(C(=O)O)C(=O)OC(C)(C)C.O. The van der Waals surface area contributed by atoms with Crippen LogP contribution in [0.3, 0.4) is 0 Å². The van der Waals surface area contributed by atoms with E-state index >= 15 is 0 Å². The number of aliphatic carboxylic acids is 1. The fourth-order valence-corrected chi connectivity index (χ4v) is 1.27. The van der Waals surface area contributed by atoms with Crippen LogP contribution >= 0.6 is 0 Å². The molecule has 0 aliphatic carbocycles. The van der Waals surface area contributed by atoms with Crippen molar-refractivity contribution in [2.75, 3.05) is 0 Å². The van der Waals surface area contributed by atoms with Crippen LogP contribution in [0.15, 0.2) is 0 Å². The van der Waals surface area contributed by atoms with Crippen LogP contribution < -0.4 is 5.73 Å². The van der Waals surface area contributed by atoms with Gasteiger partial charge in [-0.15, -0.1) is 0 Å². The van der Waals surface area contributed by atoms with Crippen molar-refractivity contribution in [3.8, 4) is 0 Å². The van der Waals surface area contributed by atoms with E-state index in [0.717, 1.165) is 0 Å². The van der Waals surface area contributed by atoms with Gasteiger partial charge in [0.15, 0.2) is 0 Å². The summed E-state index contributed by atoms with van der Waals surface area (Å²) in [7, 11) is 0. The molecular weight excluding hydrogens is 226 g/mol. The zero-order chi connectivity index (χ0) is 13.1. The molecule has 0 bridgehead atoms. The number of nitrogens with two attached hydrogens (primary N) is 1. The second kappa shape index (κ2) is 5.97. The van der Waals surface area contributed by atoms with Gasteiger partial charge in [0.25, 0.3) is 0 Å². The molecule has 0 rings (SSSR count). The first-order chi connectivity index (χ1) is 6.99. The van der Waals surface area contributed by atoms with Crippen LogP contribution in [0.4, 0.5) is 0 Å². The number of rotatable bonds is 4. The van der Waals surface area contributed by atoms with Crippen molar-refractivity contribution >= 4 is 11.9 Å². The molecule has 0 aromatic rings. The molecule has 6 nitrogen and oxygen atoms in total. The van der Waals surface area contributed by atoms with E-state index < -0.39 is 23.1 Å². The Morgan fingerprint density at radius 1 is 1.29 bits per heavy atom. The summed E-state index contributed by atoms with van der Waals surface area (Å²) in [6.45, 7) is 8.61. The molecule has 0 heterocycles. The van der Waals surface area contributed by atoms with Gasteiger partial charge in [-0.2, -0.15) is 0 Å². The van der Waals surface area contributed by atoms with Gasteiger partial charge in [-0.3, -0.25) is 0 Å².